The van der Waals surface area contributed by atoms with E-state index in [4.69, 9.17) is 14.2 Å². The van der Waals surface area contributed by atoms with E-state index in [1.807, 2.05) is 67.6 Å². The number of hydrogen-bond acceptors (Lipinski definition) is 6. The first-order valence-electron chi connectivity index (χ1n) is 14.4. The van der Waals surface area contributed by atoms with Crippen molar-refractivity contribution in [1.82, 2.24) is 19.7 Å². The molecule has 1 N–H and O–H groups in total. The van der Waals surface area contributed by atoms with Gasteiger partial charge in [0.15, 0.2) is 5.82 Å². The van der Waals surface area contributed by atoms with Crippen LogP contribution in [0.4, 0.5) is 0 Å². The van der Waals surface area contributed by atoms with Crippen LogP contribution in [0.25, 0.3) is 28.2 Å². The quantitative estimate of drug-likeness (QED) is 0.242. The summed E-state index contributed by atoms with van der Waals surface area (Å²) < 4.78 is 12.6. The number of fused-ring (bicyclic) bond motifs is 1. The second kappa shape index (κ2) is 12.5. The summed E-state index contributed by atoms with van der Waals surface area (Å²) in [7, 11) is 0. The summed E-state index contributed by atoms with van der Waals surface area (Å²) >= 11 is 0. The molecule has 0 amide bonds. The van der Waals surface area contributed by atoms with Crippen LogP contribution in [-0.2, 0) is 19.3 Å². The predicted octanol–water partition coefficient (Wildman–Crippen LogP) is 5.82. The van der Waals surface area contributed by atoms with Crippen molar-refractivity contribution in [1.29, 1.82) is 0 Å². The first-order chi connectivity index (χ1) is 20.2. The van der Waals surface area contributed by atoms with Gasteiger partial charge in [-0.3, -0.25) is 18.9 Å². The molecule has 1 aliphatic heterocycles. The molecule has 3 aromatic carbocycles. The number of aryl methyl sites for hydroxylation is 3. The topological polar surface area (TPSA) is 103 Å². The normalized spacial score (nSPS) is 13.6. The van der Waals surface area contributed by atoms with Crippen LogP contribution in [0.3, 0.4) is 0 Å². The number of benzene rings is 3. The predicted molar refractivity (Wildman–Crippen MR) is 168 cm³/mol. The van der Waals surface area contributed by atoms with E-state index in [-0.39, 0.29) is 40.7 Å². The Hall–Kier alpha value is -3.72. The number of nitrogens with zero attached hydrogens (tertiary/aromatic N) is 3. The molecule has 1 radical (unpaired) electrons. The minimum atomic E-state index is -0.594. The minimum absolute atomic E-state index is 0. The van der Waals surface area contributed by atoms with Crippen LogP contribution in [-0.4, -0.2) is 54.9 Å². The average Bonchev–Trinajstić information content (AvgIpc) is 3.41. The number of ether oxygens (including phenoxy) is 1. The zero-order valence-corrected chi connectivity index (χ0v) is 27.4. The summed E-state index contributed by atoms with van der Waals surface area (Å²) in [5.41, 5.74) is 6.93. The van der Waals surface area contributed by atoms with Crippen LogP contribution in [0.1, 0.15) is 61.8 Å². The Morgan fingerprint density at radius 1 is 1.00 bits per heavy atom. The molecular formula is C34H34N4NaO4. The fraction of sp³-hybridized carbons (Fsp3) is 0.294. The molecule has 0 atom stereocenters. The third kappa shape index (κ3) is 6.32. The average molecular weight is 586 g/mol. The summed E-state index contributed by atoms with van der Waals surface area (Å²) in [6, 6.07) is 21.8. The summed E-state index contributed by atoms with van der Waals surface area (Å²) in [6.07, 6.45) is 3.94. The van der Waals surface area contributed by atoms with E-state index in [9.17, 15) is 9.59 Å². The molecule has 0 unspecified atom stereocenters. The first kappa shape index (κ1) is 30.7. The van der Waals surface area contributed by atoms with Crippen molar-refractivity contribution in [3.05, 3.63) is 116 Å². The van der Waals surface area contributed by atoms with E-state index in [1.165, 1.54) is 0 Å². The Kier molecular flexibility index (Phi) is 8.92. The maximum Gasteiger partial charge on any atom is 0.439 e. The maximum atomic E-state index is 14.1. The zero-order valence-electron chi connectivity index (χ0n) is 25.4. The number of aromatic nitrogens is 4. The van der Waals surface area contributed by atoms with Crippen molar-refractivity contribution in [3.8, 4) is 34.0 Å². The molecule has 6 rings (SSSR count). The molecule has 0 fully saturated rings. The summed E-state index contributed by atoms with van der Waals surface area (Å²) in [5, 5.41) is 3.86. The number of aromatic amines is 1. The molecule has 43 heavy (non-hydrogen) atoms. The first-order valence-corrected chi connectivity index (χ1v) is 14.4. The van der Waals surface area contributed by atoms with E-state index >= 15 is 0 Å². The zero-order chi connectivity index (χ0) is 29.4. The van der Waals surface area contributed by atoms with Gasteiger partial charge >= 0.3 is 5.76 Å². The molecule has 9 heteroatoms. The third-order valence-corrected chi connectivity index (χ3v) is 7.87. The van der Waals surface area contributed by atoms with Gasteiger partial charge in [0.1, 0.15) is 17.2 Å². The summed E-state index contributed by atoms with van der Waals surface area (Å²) in [4.78, 5) is 33.2. The standard InChI is InChI=1S/C34H34N4O4.Na/c1-5-8-29-28(32(39)38(21(2)35-29)25-15-16-30-24(20-25)17-18-34(3,4)41-30)19-22-11-13-23(14-12-22)26-9-6-7-10-27(26)31-36-33(40)42-37-31;/h6-7,9-16,20H,5,8,17-19H2,1-4H3,(H,36,37,40);. The fourth-order valence-corrected chi connectivity index (χ4v) is 5.72. The number of hydrogen-bond donors (Lipinski definition) is 1. The molecule has 1 aliphatic rings. The molecule has 215 valence electrons. The molecule has 0 saturated heterocycles. The largest absolute Gasteiger partial charge is 0.488 e. The monoisotopic (exact) mass is 585 g/mol. The van der Waals surface area contributed by atoms with Crippen molar-refractivity contribution in [3.63, 3.8) is 0 Å². The fourth-order valence-electron chi connectivity index (χ4n) is 5.72. The molecular weight excluding hydrogens is 551 g/mol. The van der Waals surface area contributed by atoms with E-state index in [1.54, 1.807) is 4.57 Å². The Bertz CT molecular complexity index is 1890. The Balaban J connectivity index is 0.00000368. The molecule has 5 aromatic rings. The van der Waals surface area contributed by atoms with Crippen molar-refractivity contribution in [2.75, 3.05) is 0 Å². The van der Waals surface area contributed by atoms with E-state index in [0.29, 0.717) is 23.6 Å². The van der Waals surface area contributed by atoms with Gasteiger partial charge in [0, 0.05) is 47.1 Å². The van der Waals surface area contributed by atoms with Crippen molar-refractivity contribution >= 4 is 29.6 Å². The molecule has 0 bridgehead atoms. The number of nitrogens with one attached hydrogen (secondary N) is 1. The van der Waals surface area contributed by atoms with Crippen molar-refractivity contribution in [2.45, 2.75) is 65.4 Å². The second-order valence-electron chi connectivity index (χ2n) is 11.5. The van der Waals surface area contributed by atoms with Crippen LogP contribution in [0.5, 0.6) is 5.75 Å². The summed E-state index contributed by atoms with van der Waals surface area (Å²) in [6.45, 7) is 8.21. The van der Waals surface area contributed by atoms with Gasteiger partial charge < -0.3 is 4.74 Å². The van der Waals surface area contributed by atoms with Crippen LogP contribution < -0.4 is 16.1 Å². The van der Waals surface area contributed by atoms with Gasteiger partial charge in [0.2, 0.25) is 0 Å². The Labute approximate surface area is 272 Å². The molecule has 0 saturated carbocycles. The molecule has 3 heterocycles. The van der Waals surface area contributed by atoms with Gasteiger partial charge in [-0.2, -0.15) is 0 Å². The van der Waals surface area contributed by atoms with Crippen LogP contribution >= 0.6 is 0 Å². The van der Waals surface area contributed by atoms with Gasteiger partial charge in [-0.25, -0.2) is 9.78 Å². The second-order valence-corrected chi connectivity index (χ2v) is 11.5. The van der Waals surface area contributed by atoms with Crippen molar-refractivity contribution < 1.29 is 9.26 Å². The van der Waals surface area contributed by atoms with Gasteiger partial charge in [0.25, 0.3) is 5.56 Å². The third-order valence-electron chi connectivity index (χ3n) is 7.87. The molecule has 0 aliphatic carbocycles. The van der Waals surface area contributed by atoms with Crippen molar-refractivity contribution in [2.24, 2.45) is 0 Å². The van der Waals surface area contributed by atoms with E-state index in [2.05, 4.69) is 37.0 Å². The number of H-pyrrole nitrogens is 1. The number of rotatable bonds is 7. The van der Waals surface area contributed by atoms with Crippen LogP contribution in [0, 0.1) is 6.92 Å². The smallest absolute Gasteiger partial charge is 0.439 e. The molecule has 2 aromatic heterocycles. The molecule has 8 nitrogen and oxygen atoms in total. The Morgan fingerprint density at radius 3 is 2.44 bits per heavy atom. The van der Waals surface area contributed by atoms with E-state index < -0.39 is 5.76 Å². The van der Waals surface area contributed by atoms with E-state index in [0.717, 1.165) is 70.6 Å². The maximum absolute atomic E-state index is 14.1. The van der Waals surface area contributed by atoms with Crippen LogP contribution in [0.2, 0.25) is 0 Å². The SMILES string of the molecule is CCCc1nc(C)n(-c2ccc3c(c2)CCC(C)(C)O3)c(=O)c1Cc1ccc(-c2ccccc2-c2noc(=O)[nH]2)cc1.[Na]. The van der Waals surface area contributed by atoms with Gasteiger partial charge in [-0.05, 0) is 80.5 Å². The minimum Gasteiger partial charge on any atom is -0.488 e. The van der Waals surface area contributed by atoms with Crippen LogP contribution in [0.15, 0.2) is 80.8 Å². The summed E-state index contributed by atoms with van der Waals surface area (Å²) in [5.74, 6) is 1.35. The van der Waals surface area contributed by atoms with Gasteiger partial charge in [0.05, 0.1) is 11.4 Å². The van der Waals surface area contributed by atoms with Gasteiger partial charge in [-0.15, -0.1) is 0 Å². The molecule has 0 spiro atoms. The van der Waals surface area contributed by atoms with Gasteiger partial charge in [-0.1, -0.05) is 67.0 Å². The Morgan fingerprint density at radius 2 is 1.74 bits per heavy atom.